The van der Waals surface area contributed by atoms with Crippen molar-refractivity contribution in [2.75, 3.05) is 6.61 Å². The van der Waals surface area contributed by atoms with E-state index in [0.717, 1.165) is 19.0 Å². The summed E-state index contributed by atoms with van der Waals surface area (Å²) in [5.41, 5.74) is 0.954. The van der Waals surface area contributed by atoms with Crippen molar-refractivity contribution in [1.29, 1.82) is 0 Å². The molecule has 6 heteroatoms. The summed E-state index contributed by atoms with van der Waals surface area (Å²) in [7, 11) is 0. The predicted octanol–water partition coefficient (Wildman–Crippen LogP) is 4.49. The van der Waals surface area contributed by atoms with Crippen LogP contribution in [0.25, 0.3) is 10.2 Å². The van der Waals surface area contributed by atoms with Crippen molar-refractivity contribution < 1.29 is 9.53 Å². The highest BCUT2D eigenvalue weighted by molar-refractivity contribution is 9.10. The molecule has 0 atom stereocenters. The van der Waals surface area contributed by atoms with Crippen molar-refractivity contribution in [1.82, 2.24) is 4.98 Å². The number of thiazole rings is 1. The van der Waals surface area contributed by atoms with Crippen molar-refractivity contribution >= 4 is 55.2 Å². The molecule has 2 rings (SSSR count). The summed E-state index contributed by atoms with van der Waals surface area (Å²) >= 11 is 6.48. The molecule has 102 valence electrons. The zero-order valence-corrected chi connectivity index (χ0v) is 14.1. The molecular weight excluding hydrogens is 346 g/mol. The van der Waals surface area contributed by atoms with Crippen molar-refractivity contribution in [3.05, 3.63) is 22.7 Å². The molecule has 2 aromatic rings. The van der Waals surface area contributed by atoms with E-state index in [1.165, 1.54) is 11.8 Å². The average Bonchev–Trinajstić information content (AvgIpc) is 2.69. The molecular formula is C13H14BrNO2S2. The van der Waals surface area contributed by atoms with E-state index in [-0.39, 0.29) is 5.97 Å². The second kappa shape index (κ2) is 5.81. The van der Waals surface area contributed by atoms with Gasteiger partial charge >= 0.3 is 5.97 Å². The number of benzene rings is 1. The Labute approximate surface area is 128 Å². The Balaban J connectivity index is 2.23. The number of nitrogens with zero attached hydrogens (tertiary/aromatic N) is 1. The largest absolute Gasteiger partial charge is 0.465 e. The number of fused-ring (bicyclic) bond motifs is 1. The van der Waals surface area contributed by atoms with Crippen molar-refractivity contribution in [2.24, 2.45) is 0 Å². The lowest BCUT2D eigenvalue weighted by Crippen LogP contribution is -2.29. The molecule has 0 amide bonds. The topological polar surface area (TPSA) is 39.2 Å². The average molecular weight is 360 g/mol. The van der Waals surface area contributed by atoms with Gasteiger partial charge in [0.1, 0.15) is 4.75 Å². The number of halogens is 1. The van der Waals surface area contributed by atoms with E-state index < -0.39 is 4.75 Å². The third kappa shape index (κ3) is 3.49. The molecule has 0 aliphatic carbocycles. The maximum absolute atomic E-state index is 11.9. The fraction of sp³-hybridized carbons (Fsp3) is 0.385. The van der Waals surface area contributed by atoms with Gasteiger partial charge in [-0.1, -0.05) is 27.7 Å². The molecule has 0 aliphatic rings. The minimum atomic E-state index is -0.624. The first-order valence-electron chi connectivity index (χ1n) is 5.84. The van der Waals surface area contributed by atoms with Crippen molar-refractivity contribution in [2.45, 2.75) is 29.9 Å². The standard InChI is InChI=1S/C13H14BrNO2S2/c1-4-17-11(16)13(2,3)19-12-15-9-6-5-8(14)7-10(9)18-12/h5-7H,4H2,1-3H3. The van der Waals surface area contributed by atoms with Crippen LogP contribution in [0.2, 0.25) is 0 Å². The van der Waals surface area contributed by atoms with Crippen LogP contribution in [-0.4, -0.2) is 22.3 Å². The molecule has 0 unspecified atom stereocenters. The quantitative estimate of drug-likeness (QED) is 0.595. The van der Waals surface area contributed by atoms with Crippen LogP contribution in [0.1, 0.15) is 20.8 Å². The molecule has 3 nitrogen and oxygen atoms in total. The second-order valence-corrected chi connectivity index (χ2v) is 8.24. The number of hydrogen-bond donors (Lipinski definition) is 0. The third-order valence-corrected chi connectivity index (χ3v) is 5.19. The van der Waals surface area contributed by atoms with Gasteiger partial charge in [0.25, 0.3) is 0 Å². The molecule has 0 fully saturated rings. The fourth-order valence-electron chi connectivity index (χ4n) is 1.49. The molecule has 0 N–H and O–H groups in total. The first-order chi connectivity index (χ1) is 8.92. The van der Waals surface area contributed by atoms with E-state index in [0.29, 0.717) is 6.61 Å². The van der Waals surface area contributed by atoms with E-state index in [9.17, 15) is 4.79 Å². The van der Waals surface area contributed by atoms with Crippen LogP contribution >= 0.6 is 39.0 Å². The first-order valence-corrected chi connectivity index (χ1v) is 8.27. The minimum absolute atomic E-state index is 0.208. The smallest absolute Gasteiger partial charge is 0.322 e. The molecule has 1 aromatic heterocycles. The van der Waals surface area contributed by atoms with Crippen molar-refractivity contribution in [3.8, 4) is 0 Å². The fourth-order valence-corrected chi connectivity index (χ4v) is 4.52. The van der Waals surface area contributed by atoms with Gasteiger partial charge in [-0.25, -0.2) is 4.98 Å². The number of ether oxygens (including phenoxy) is 1. The van der Waals surface area contributed by atoms with Crippen LogP contribution in [0.15, 0.2) is 27.0 Å². The van der Waals surface area contributed by atoms with Crippen LogP contribution in [0, 0.1) is 0 Å². The van der Waals surface area contributed by atoms with Crippen LogP contribution in [0.5, 0.6) is 0 Å². The minimum Gasteiger partial charge on any atom is -0.465 e. The Bertz CT molecular complexity index is 610. The molecule has 0 saturated heterocycles. The summed E-state index contributed by atoms with van der Waals surface area (Å²) in [6.45, 7) is 5.93. The summed E-state index contributed by atoms with van der Waals surface area (Å²) in [5.74, 6) is -0.208. The Morgan fingerprint density at radius 2 is 2.26 bits per heavy atom. The summed E-state index contributed by atoms with van der Waals surface area (Å²) in [4.78, 5) is 16.4. The van der Waals surface area contributed by atoms with Crippen LogP contribution in [0.4, 0.5) is 0 Å². The first kappa shape index (κ1) is 14.8. The lowest BCUT2D eigenvalue weighted by molar-refractivity contribution is -0.145. The number of aromatic nitrogens is 1. The summed E-state index contributed by atoms with van der Waals surface area (Å²) in [5, 5.41) is 0. The predicted molar refractivity (Wildman–Crippen MR) is 83.9 cm³/mol. The maximum Gasteiger partial charge on any atom is 0.322 e. The Kier molecular flexibility index (Phi) is 4.53. The normalized spacial score (nSPS) is 11.8. The van der Waals surface area contributed by atoms with Crippen molar-refractivity contribution in [3.63, 3.8) is 0 Å². The van der Waals surface area contributed by atoms with Gasteiger partial charge in [-0.3, -0.25) is 4.79 Å². The van der Waals surface area contributed by atoms with Crippen LogP contribution in [-0.2, 0) is 9.53 Å². The molecule has 19 heavy (non-hydrogen) atoms. The number of rotatable bonds is 4. The Morgan fingerprint density at radius 3 is 2.95 bits per heavy atom. The van der Waals surface area contributed by atoms with E-state index in [2.05, 4.69) is 20.9 Å². The van der Waals surface area contributed by atoms with Crippen LogP contribution < -0.4 is 0 Å². The molecule has 1 heterocycles. The number of thioether (sulfide) groups is 1. The Morgan fingerprint density at radius 1 is 1.53 bits per heavy atom. The summed E-state index contributed by atoms with van der Waals surface area (Å²) in [6.07, 6.45) is 0. The second-order valence-electron chi connectivity index (χ2n) is 4.42. The number of carbonyl (C=O) groups is 1. The van der Waals surface area contributed by atoms with Gasteiger partial charge in [0.2, 0.25) is 0 Å². The zero-order valence-electron chi connectivity index (χ0n) is 10.9. The van der Waals surface area contributed by atoms with E-state index in [1.54, 1.807) is 11.3 Å². The monoisotopic (exact) mass is 359 g/mol. The molecule has 0 spiro atoms. The molecule has 1 aromatic carbocycles. The highest BCUT2D eigenvalue weighted by atomic mass is 79.9. The molecule has 0 saturated carbocycles. The summed E-state index contributed by atoms with van der Waals surface area (Å²) < 4.78 is 7.48. The zero-order chi connectivity index (χ0) is 14.0. The van der Waals surface area contributed by atoms with Gasteiger partial charge in [-0.05, 0) is 39.0 Å². The third-order valence-electron chi connectivity index (χ3n) is 2.44. The van der Waals surface area contributed by atoms with E-state index in [4.69, 9.17) is 4.74 Å². The van der Waals surface area contributed by atoms with Gasteiger partial charge < -0.3 is 4.74 Å². The molecule has 0 radical (unpaired) electrons. The number of esters is 1. The van der Waals surface area contributed by atoms with E-state index >= 15 is 0 Å². The van der Waals surface area contributed by atoms with Gasteiger partial charge in [-0.2, -0.15) is 0 Å². The van der Waals surface area contributed by atoms with Gasteiger partial charge in [0.05, 0.1) is 16.8 Å². The van der Waals surface area contributed by atoms with Gasteiger partial charge in [0, 0.05) is 4.47 Å². The van der Waals surface area contributed by atoms with Gasteiger partial charge in [0.15, 0.2) is 4.34 Å². The molecule has 0 bridgehead atoms. The van der Waals surface area contributed by atoms with Gasteiger partial charge in [-0.15, -0.1) is 11.3 Å². The van der Waals surface area contributed by atoms with Crippen LogP contribution in [0.3, 0.4) is 0 Å². The SMILES string of the molecule is CCOC(=O)C(C)(C)Sc1nc2ccc(Br)cc2s1. The number of hydrogen-bond acceptors (Lipinski definition) is 5. The highest BCUT2D eigenvalue weighted by Crippen LogP contribution is 2.38. The lowest BCUT2D eigenvalue weighted by Gasteiger charge is -2.19. The Hall–Kier alpha value is -0.590. The number of carbonyl (C=O) groups excluding carboxylic acids is 1. The lowest BCUT2D eigenvalue weighted by atomic mass is 10.2. The maximum atomic E-state index is 11.9. The van der Waals surface area contributed by atoms with E-state index in [1.807, 2.05) is 39.0 Å². The highest BCUT2D eigenvalue weighted by Gasteiger charge is 2.31. The molecule has 0 aliphatic heterocycles. The summed E-state index contributed by atoms with van der Waals surface area (Å²) in [6, 6.07) is 5.97.